The predicted molar refractivity (Wildman–Crippen MR) is 170 cm³/mol. The molecule has 44 heavy (non-hydrogen) atoms. The van der Waals surface area contributed by atoms with Gasteiger partial charge >= 0.3 is 0 Å². The van der Waals surface area contributed by atoms with Gasteiger partial charge in [-0.3, -0.25) is 14.6 Å². The number of likely N-dealkylation sites (tertiary alicyclic amines) is 1. The summed E-state index contributed by atoms with van der Waals surface area (Å²) in [6.45, 7) is 12.5. The summed E-state index contributed by atoms with van der Waals surface area (Å²) in [5, 5.41) is 8.69. The maximum atomic E-state index is 13.3. The highest BCUT2D eigenvalue weighted by Crippen LogP contribution is 2.31. The summed E-state index contributed by atoms with van der Waals surface area (Å²) in [7, 11) is 0. The molecule has 9 heteroatoms. The molecule has 0 spiro atoms. The van der Waals surface area contributed by atoms with Crippen molar-refractivity contribution in [3.8, 4) is 11.8 Å². The SMILES string of the molecule is C[C@H](C[C@@H]1CC[C@H]([C@@H](C)C(=O)N2CCN(CC3CCCO3)CC2)O1)n1cc(C#CCN2CCC(c3ccccc3)CC2)nn1. The van der Waals surface area contributed by atoms with Gasteiger partial charge in [-0.15, -0.1) is 5.10 Å². The normalized spacial score (nSPS) is 26.8. The summed E-state index contributed by atoms with van der Waals surface area (Å²) in [5.74, 6) is 7.32. The molecular formula is C35H50N6O3. The Labute approximate surface area is 263 Å². The zero-order valence-corrected chi connectivity index (χ0v) is 26.6. The number of ether oxygens (including phenoxy) is 2. The maximum Gasteiger partial charge on any atom is 0.228 e. The van der Waals surface area contributed by atoms with Gasteiger partial charge in [0.15, 0.2) is 5.69 Å². The molecule has 1 amide bonds. The average Bonchev–Trinajstić information content (AvgIpc) is 3.85. The van der Waals surface area contributed by atoms with Crippen molar-refractivity contribution in [1.29, 1.82) is 0 Å². The minimum absolute atomic E-state index is 0.0143. The smallest absolute Gasteiger partial charge is 0.228 e. The van der Waals surface area contributed by atoms with Gasteiger partial charge in [0, 0.05) is 39.3 Å². The Morgan fingerprint density at radius 2 is 1.75 bits per heavy atom. The van der Waals surface area contributed by atoms with Crippen molar-refractivity contribution >= 4 is 5.91 Å². The molecule has 0 N–H and O–H groups in total. The summed E-state index contributed by atoms with van der Waals surface area (Å²) in [6, 6.07) is 11.0. The van der Waals surface area contributed by atoms with Crippen molar-refractivity contribution in [2.45, 2.75) is 89.1 Å². The van der Waals surface area contributed by atoms with E-state index in [1.165, 1.54) is 24.8 Å². The fraction of sp³-hybridized carbons (Fsp3) is 0.686. The second-order valence-corrected chi connectivity index (χ2v) is 13.4. The molecule has 0 aliphatic carbocycles. The van der Waals surface area contributed by atoms with Crippen molar-refractivity contribution in [2.75, 3.05) is 59.0 Å². The number of nitrogens with zero attached hydrogens (tertiary/aromatic N) is 6. The van der Waals surface area contributed by atoms with Crippen LogP contribution in [-0.4, -0.2) is 113 Å². The lowest BCUT2D eigenvalue weighted by Gasteiger charge is -2.37. The molecule has 0 radical (unpaired) electrons. The van der Waals surface area contributed by atoms with Crippen LogP contribution in [0.4, 0.5) is 0 Å². The van der Waals surface area contributed by atoms with Gasteiger partial charge in [-0.05, 0) is 82.4 Å². The van der Waals surface area contributed by atoms with Gasteiger partial charge in [0.1, 0.15) is 0 Å². The largest absolute Gasteiger partial charge is 0.377 e. The quantitative estimate of drug-likeness (QED) is 0.402. The summed E-state index contributed by atoms with van der Waals surface area (Å²) in [5.41, 5.74) is 2.18. The average molecular weight is 603 g/mol. The molecule has 4 saturated heterocycles. The van der Waals surface area contributed by atoms with Crippen molar-refractivity contribution in [3.05, 3.63) is 47.8 Å². The molecule has 0 bridgehead atoms. The zero-order chi connectivity index (χ0) is 30.3. The molecule has 4 fully saturated rings. The molecule has 4 aliphatic rings. The van der Waals surface area contributed by atoms with E-state index in [0.29, 0.717) is 12.0 Å². The Kier molecular flexibility index (Phi) is 10.6. The van der Waals surface area contributed by atoms with Crippen molar-refractivity contribution in [1.82, 2.24) is 29.7 Å². The molecule has 2 aromatic rings. The van der Waals surface area contributed by atoms with Gasteiger partial charge in [0.25, 0.3) is 0 Å². The Balaban J connectivity index is 0.900. The topological polar surface area (TPSA) is 76.0 Å². The van der Waals surface area contributed by atoms with Gasteiger partial charge in [-0.25, -0.2) is 4.68 Å². The Morgan fingerprint density at radius 1 is 0.955 bits per heavy atom. The highest BCUT2D eigenvalue weighted by Gasteiger charge is 2.36. The zero-order valence-electron chi connectivity index (χ0n) is 26.6. The van der Waals surface area contributed by atoms with Gasteiger partial charge < -0.3 is 14.4 Å². The molecule has 9 nitrogen and oxygen atoms in total. The number of hydrogen-bond acceptors (Lipinski definition) is 7. The molecule has 238 valence electrons. The fourth-order valence-electron chi connectivity index (χ4n) is 7.38. The van der Waals surface area contributed by atoms with E-state index in [0.717, 1.165) is 90.3 Å². The first-order chi connectivity index (χ1) is 21.5. The minimum atomic E-state index is -0.114. The molecule has 1 aromatic carbocycles. The number of carbonyl (C=O) groups excluding carboxylic acids is 1. The predicted octanol–water partition coefficient (Wildman–Crippen LogP) is 3.97. The lowest BCUT2D eigenvalue weighted by Crippen LogP contribution is -2.52. The molecule has 6 rings (SSSR count). The first-order valence-electron chi connectivity index (χ1n) is 17.0. The number of benzene rings is 1. The molecule has 5 heterocycles. The van der Waals surface area contributed by atoms with Crippen LogP contribution in [0.1, 0.15) is 82.0 Å². The van der Waals surface area contributed by atoms with E-state index in [4.69, 9.17) is 9.47 Å². The second-order valence-electron chi connectivity index (χ2n) is 13.4. The lowest BCUT2D eigenvalue weighted by atomic mass is 9.89. The monoisotopic (exact) mass is 602 g/mol. The molecule has 4 aliphatic heterocycles. The third-order valence-corrected chi connectivity index (χ3v) is 10.2. The van der Waals surface area contributed by atoms with Gasteiger partial charge in [-0.2, -0.15) is 0 Å². The fourth-order valence-corrected chi connectivity index (χ4v) is 7.38. The minimum Gasteiger partial charge on any atom is -0.377 e. The standard InChI is InChI=1S/C35H50N6O3/c1-27(41-25-31(36-37-41)10-6-16-38-17-14-30(15-18-38)29-8-4-3-5-9-29)24-32-12-13-34(44-32)28(2)35(42)40-21-19-39(20-22-40)26-33-11-7-23-43-33/h3-5,8-9,25,27-28,30,32-34H,7,11-24,26H2,1-2H3/t27-,28-,32+,33?,34-/m1/s1. The van der Waals surface area contributed by atoms with Gasteiger partial charge in [0.2, 0.25) is 5.91 Å². The highest BCUT2D eigenvalue weighted by atomic mass is 16.5. The number of hydrogen-bond donors (Lipinski definition) is 0. The second kappa shape index (κ2) is 15.0. The summed E-state index contributed by atoms with van der Waals surface area (Å²) in [6.07, 6.45) is 9.91. The molecule has 1 unspecified atom stereocenters. The van der Waals surface area contributed by atoms with E-state index in [9.17, 15) is 4.79 Å². The number of rotatable bonds is 9. The number of amides is 1. The van der Waals surface area contributed by atoms with Crippen LogP contribution in [0.5, 0.6) is 0 Å². The molecule has 1 aromatic heterocycles. The van der Waals surface area contributed by atoms with Crippen LogP contribution in [0.15, 0.2) is 36.5 Å². The Morgan fingerprint density at radius 3 is 2.50 bits per heavy atom. The van der Waals surface area contributed by atoms with E-state index < -0.39 is 0 Å². The van der Waals surface area contributed by atoms with Crippen molar-refractivity contribution in [3.63, 3.8) is 0 Å². The lowest BCUT2D eigenvalue weighted by molar-refractivity contribution is -0.142. The first kappa shape index (κ1) is 31.2. The number of piperazine rings is 1. The van der Waals surface area contributed by atoms with Crippen LogP contribution in [0.3, 0.4) is 0 Å². The first-order valence-corrected chi connectivity index (χ1v) is 17.0. The van der Waals surface area contributed by atoms with Crippen molar-refractivity contribution in [2.24, 2.45) is 5.92 Å². The van der Waals surface area contributed by atoms with Crippen LogP contribution in [0.2, 0.25) is 0 Å². The Bertz CT molecular complexity index is 1250. The number of carbonyl (C=O) groups is 1. The molecular weight excluding hydrogens is 552 g/mol. The Hall–Kier alpha value is -2.77. The molecule has 0 saturated carbocycles. The van der Waals surface area contributed by atoms with Gasteiger partial charge in [-0.1, -0.05) is 48.4 Å². The van der Waals surface area contributed by atoms with Crippen LogP contribution >= 0.6 is 0 Å². The summed E-state index contributed by atoms with van der Waals surface area (Å²) < 4.78 is 14.2. The van der Waals surface area contributed by atoms with Gasteiger partial charge in [0.05, 0.1) is 43.0 Å². The van der Waals surface area contributed by atoms with Crippen LogP contribution in [-0.2, 0) is 14.3 Å². The van der Waals surface area contributed by atoms with E-state index in [2.05, 4.69) is 69.2 Å². The van der Waals surface area contributed by atoms with Crippen LogP contribution in [0, 0.1) is 17.8 Å². The number of aromatic nitrogens is 3. The van der Waals surface area contributed by atoms with E-state index in [1.807, 2.05) is 22.7 Å². The van der Waals surface area contributed by atoms with E-state index in [1.54, 1.807) is 0 Å². The third-order valence-electron chi connectivity index (χ3n) is 10.2. The molecule has 5 atom stereocenters. The van der Waals surface area contributed by atoms with Crippen molar-refractivity contribution < 1.29 is 14.3 Å². The van der Waals surface area contributed by atoms with Crippen LogP contribution in [0.25, 0.3) is 0 Å². The highest BCUT2D eigenvalue weighted by molar-refractivity contribution is 5.79. The summed E-state index contributed by atoms with van der Waals surface area (Å²) in [4.78, 5) is 20.2. The van der Waals surface area contributed by atoms with Crippen LogP contribution < -0.4 is 0 Å². The maximum absolute atomic E-state index is 13.3. The van der Waals surface area contributed by atoms with E-state index >= 15 is 0 Å². The van der Waals surface area contributed by atoms with E-state index in [-0.39, 0.29) is 30.1 Å². The third kappa shape index (κ3) is 8.08. The summed E-state index contributed by atoms with van der Waals surface area (Å²) >= 11 is 0. The number of piperidine rings is 1.